The Kier molecular flexibility index (Phi) is 5.04. The van der Waals surface area contributed by atoms with Crippen LogP contribution in [0.3, 0.4) is 0 Å². The van der Waals surface area contributed by atoms with Crippen molar-refractivity contribution in [3.8, 4) is 11.8 Å². The minimum absolute atomic E-state index is 0.0115. The number of benzene rings is 1. The molecule has 1 heterocycles. The lowest BCUT2D eigenvalue weighted by Gasteiger charge is -2.36. The molecule has 0 amide bonds. The standard InChI is InChI=1S/C16H21NO3S/c1-13-7-5-11-17(14(13)2)21(19,20)16-10-4-3-8-15(16)9-6-12-18/h3-4,8,10,13-14,18H,5,7,11-12H2,1-2H3. The first-order chi connectivity index (χ1) is 9.98. The number of rotatable bonds is 2. The van der Waals surface area contributed by atoms with E-state index >= 15 is 0 Å². The molecule has 0 saturated carbocycles. The maximum atomic E-state index is 12.9. The Hall–Kier alpha value is -1.35. The summed E-state index contributed by atoms with van der Waals surface area (Å²) in [6, 6.07) is 6.70. The van der Waals surface area contributed by atoms with Gasteiger partial charge in [0.25, 0.3) is 0 Å². The highest BCUT2D eigenvalue weighted by molar-refractivity contribution is 7.89. The molecule has 1 aromatic rings. The molecule has 1 fully saturated rings. The molecule has 4 nitrogen and oxygen atoms in total. The molecular formula is C16H21NO3S. The zero-order valence-electron chi connectivity index (χ0n) is 12.4. The minimum atomic E-state index is -3.56. The number of piperidine rings is 1. The number of hydrogen-bond acceptors (Lipinski definition) is 3. The Labute approximate surface area is 126 Å². The van der Waals surface area contributed by atoms with E-state index in [2.05, 4.69) is 18.8 Å². The number of nitrogens with zero attached hydrogens (tertiary/aromatic N) is 1. The third-order valence-electron chi connectivity index (χ3n) is 4.09. The lowest BCUT2D eigenvalue weighted by atomic mass is 9.94. The van der Waals surface area contributed by atoms with Gasteiger partial charge < -0.3 is 5.11 Å². The zero-order valence-corrected chi connectivity index (χ0v) is 13.2. The molecule has 2 unspecified atom stereocenters. The largest absolute Gasteiger partial charge is 0.384 e. The summed E-state index contributed by atoms with van der Waals surface area (Å²) in [5.74, 6) is 5.60. The Morgan fingerprint density at radius 1 is 1.33 bits per heavy atom. The average molecular weight is 307 g/mol. The number of aliphatic hydroxyl groups is 1. The van der Waals surface area contributed by atoms with Crippen molar-refractivity contribution >= 4 is 10.0 Å². The van der Waals surface area contributed by atoms with Crippen molar-refractivity contribution in [2.75, 3.05) is 13.2 Å². The molecule has 0 aromatic heterocycles. The van der Waals surface area contributed by atoms with E-state index in [0.29, 0.717) is 18.0 Å². The van der Waals surface area contributed by atoms with Gasteiger partial charge in [0.1, 0.15) is 6.61 Å². The fourth-order valence-corrected chi connectivity index (χ4v) is 4.61. The number of aliphatic hydroxyl groups excluding tert-OH is 1. The van der Waals surface area contributed by atoms with E-state index in [1.165, 1.54) is 0 Å². The van der Waals surface area contributed by atoms with Gasteiger partial charge in [0.05, 0.1) is 4.90 Å². The van der Waals surface area contributed by atoms with E-state index in [0.717, 1.165) is 12.8 Å². The fraction of sp³-hybridized carbons (Fsp3) is 0.500. The van der Waals surface area contributed by atoms with E-state index in [1.54, 1.807) is 28.6 Å². The van der Waals surface area contributed by atoms with Gasteiger partial charge in [0.15, 0.2) is 0 Å². The maximum absolute atomic E-state index is 12.9. The van der Waals surface area contributed by atoms with Crippen LogP contribution in [0.2, 0.25) is 0 Å². The average Bonchev–Trinajstić information content (AvgIpc) is 2.48. The Bertz CT molecular complexity index is 658. The van der Waals surface area contributed by atoms with Crippen molar-refractivity contribution in [2.24, 2.45) is 5.92 Å². The minimum Gasteiger partial charge on any atom is -0.384 e. The van der Waals surface area contributed by atoms with Gasteiger partial charge in [0, 0.05) is 18.2 Å². The summed E-state index contributed by atoms with van der Waals surface area (Å²) in [7, 11) is -3.56. The van der Waals surface area contributed by atoms with Gasteiger partial charge in [-0.1, -0.05) is 30.9 Å². The van der Waals surface area contributed by atoms with E-state index in [4.69, 9.17) is 5.11 Å². The monoisotopic (exact) mass is 307 g/mol. The van der Waals surface area contributed by atoms with E-state index in [-0.39, 0.29) is 17.5 Å². The smallest absolute Gasteiger partial charge is 0.244 e. The molecular weight excluding hydrogens is 286 g/mol. The molecule has 21 heavy (non-hydrogen) atoms. The molecule has 1 aliphatic rings. The molecule has 0 aliphatic carbocycles. The van der Waals surface area contributed by atoms with Gasteiger partial charge in [-0.2, -0.15) is 4.31 Å². The van der Waals surface area contributed by atoms with Crippen LogP contribution >= 0.6 is 0 Å². The van der Waals surface area contributed by atoms with E-state index in [9.17, 15) is 8.42 Å². The molecule has 2 atom stereocenters. The van der Waals surface area contributed by atoms with Crippen molar-refractivity contribution in [1.29, 1.82) is 0 Å². The van der Waals surface area contributed by atoms with Gasteiger partial charge in [-0.3, -0.25) is 0 Å². The van der Waals surface area contributed by atoms with Crippen LogP contribution in [0.5, 0.6) is 0 Å². The summed E-state index contributed by atoms with van der Waals surface area (Å²) in [4.78, 5) is 0.229. The first-order valence-electron chi connectivity index (χ1n) is 7.19. The van der Waals surface area contributed by atoms with Crippen molar-refractivity contribution < 1.29 is 13.5 Å². The quantitative estimate of drug-likeness (QED) is 0.848. The van der Waals surface area contributed by atoms with Crippen molar-refractivity contribution in [2.45, 2.75) is 37.6 Å². The molecule has 0 radical (unpaired) electrons. The Balaban J connectivity index is 2.44. The number of hydrogen-bond donors (Lipinski definition) is 1. The van der Waals surface area contributed by atoms with E-state index in [1.807, 2.05) is 6.92 Å². The number of sulfonamides is 1. The van der Waals surface area contributed by atoms with Gasteiger partial charge in [-0.25, -0.2) is 8.42 Å². The summed E-state index contributed by atoms with van der Waals surface area (Å²) in [6.45, 7) is 4.31. The third kappa shape index (κ3) is 3.29. The van der Waals surface area contributed by atoms with Crippen LogP contribution in [0.15, 0.2) is 29.2 Å². The lowest BCUT2D eigenvalue weighted by molar-refractivity contribution is 0.202. The van der Waals surface area contributed by atoms with Gasteiger partial charge >= 0.3 is 0 Å². The van der Waals surface area contributed by atoms with Gasteiger partial charge in [0.2, 0.25) is 10.0 Å². The van der Waals surface area contributed by atoms with Gasteiger partial charge in [-0.05, 0) is 37.8 Å². The summed E-state index contributed by atoms with van der Waals surface area (Å²) in [5.41, 5.74) is 0.442. The molecule has 1 N–H and O–H groups in total. The van der Waals surface area contributed by atoms with E-state index < -0.39 is 10.0 Å². The molecule has 0 bridgehead atoms. The van der Waals surface area contributed by atoms with Crippen molar-refractivity contribution in [1.82, 2.24) is 4.31 Å². The summed E-state index contributed by atoms with van der Waals surface area (Å²) >= 11 is 0. The highest BCUT2D eigenvalue weighted by Gasteiger charge is 2.35. The highest BCUT2D eigenvalue weighted by Crippen LogP contribution is 2.29. The molecule has 0 spiro atoms. The third-order valence-corrected chi connectivity index (χ3v) is 6.14. The second-order valence-corrected chi connectivity index (χ2v) is 7.29. The van der Waals surface area contributed by atoms with Crippen LogP contribution in [0.1, 0.15) is 32.3 Å². The second-order valence-electron chi connectivity index (χ2n) is 5.43. The predicted molar refractivity (Wildman–Crippen MR) is 82.2 cm³/mol. The SMILES string of the molecule is CC1CCCN(S(=O)(=O)c2ccccc2C#CCO)C1C. The molecule has 114 valence electrons. The van der Waals surface area contributed by atoms with Gasteiger partial charge in [-0.15, -0.1) is 0 Å². The second kappa shape index (κ2) is 6.61. The topological polar surface area (TPSA) is 57.6 Å². The van der Waals surface area contributed by atoms with Crippen LogP contribution in [0.4, 0.5) is 0 Å². The Morgan fingerprint density at radius 2 is 2.05 bits per heavy atom. The molecule has 1 aliphatic heterocycles. The molecule has 1 saturated heterocycles. The first kappa shape index (κ1) is 16.0. The first-order valence-corrected chi connectivity index (χ1v) is 8.63. The summed E-state index contributed by atoms with van der Waals surface area (Å²) < 4.78 is 27.4. The zero-order chi connectivity index (χ0) is 15.5. The molecule has 5 heteroatoms. The Morgan fingerprint density at radius 3 is 2.76 bits per heavy atom. The van der Waals surface area contributed by atoms with Crippen LogP contribution < -0.4 is 0 Å². The highest BCUT2D eigenvalue weighted by atomic mass is 32.2. The van der Waals surface area contributed by atoms with Crippen LogP contribution in [-0.2, 0) is 10.0 Å². The molecule has 2 rings (SSSR count). The summed E-state index contributed by atoms with van der Waals surface area (Å²) in [6.07, 6.45) is 1.94. The van der Waals surface area contributed by atoms with Crippen LogP contribution in [0, 0.1) is 17.8 Å². The van der Waals surface area contributed by atoms with Crippen molar-refractivity contribution in [3.05, 3.63) is 29.8 Å². The van der Waals surface area contributed by atoms with Crippen LogP contribution in [-0.4, -0.2) is 37.0 Å². The maximum Gasteiger partial charge on any atom is 0.244 e. The fourth-order valence-electron chi connectivity index (χ4n) is 2.69. The van der Waals surface area contributed by atoms with Crippen molar-refractivity contribution in [3.63, 3.8) is 0 Å². The molecule has 1 aromatic carbocycles. The predicted octanol–water partition coefficient (Wildman–Crippen LogP) is 1.84. The van der Waals surface area contributed by atoms with Crippen LogP contribution in [0.25, 0.3) is 0 Å². The normalized spacial score (nSPS) is 23.4. The summed E-state index contributed by atoms with van der Waals surface area (Å²) in [5, 5.41) is 8.81. The lowest BCUT2D eigenvalue weighted by Crippen LogP contribution is -2.46.